The van der Waals surface area contributed by atoms with Gasteiger partial charge in [0.15, 0.2) is 5.70 Å². The van der Waals surface area contributed by atoms with Crippen LogP contribution in [0.2, 0.25) is 0 Å². The van der Waals surface area contributed by atoms with Crippen LogP contribution in [-0.4, -0.2) is 57.8 Å². The maximum absolute atomic E-state index is 13.4. The van der Waals surface area contributed by atoms with Crippen molar-refractivity contribution in [1.82, 2.24) is 14.9 Å². The molecule has 9 heteroatoms. The molecule has 0 atom stereocenters. The van der Waals surface area contributed by atoms with Crippen molar-refractivity contribution in [3.8, 4) is 17.0 Å². The van der Waals surface area contributed by atoms with Gasteiger partial charge in [0, 0.05) is 24.8 Å². The first-order chi connectivity index (χ1) is 18.9. The number of Topliss-reactive ketones (excluding diaryl/α,β-unsaturated/α-hetero) is 1. The molecule has 1 aliphatic heterocycles. The number of pyridine rings is 1. The minimum atomic E-state index is -1.07. The van der Waals surface area contributed by atoms with E-state index in [9.17, 15) is 19.5 Å². The summed E-state index contributed by atoms with van der Waals surface area (Å²) in [6.07, 6.45) is 3.93. The third kappa shape index (κ3) is 4.76. The number of ketones is 1. The molecular formula is C30H24N4O5. The maximum atomic E-state index is 13.4. The van der Waals surface area contributed by atoms with Gasteiger partial charge < -0.3 is 19.7 Å². The first-order valence-electron chi connectivity index (χ1n) is 12.3. The van der Waals surface area contributed by atoms with E-state index in [1.54, 1.807) is 12.1 Å². The SMILES string of the molecule is [C-]#[N+]C(=C1CCN(C(=O)C(=O)c2c[nH]c3c(-c4cccc(C(=O)O)c4)ncc(OC)c23)CC1)c1ccccc1. The number of ether oxygens (including phenoxy) is 1. The summed E-state index contributed by atoms with van der Waals surface area (Å²) in [5, 5.41) is 9.78. The Hall–Kier alpha value is -5.23. The number of nitrogens with one attached hydrogen (secondary N) is 1. The number of H-pyrrole nitrogens is 1. The van der Waals surface area contributed by atoms with Crippen LogP contribution in [0, 0.1) is 6.57 Å². The van der Waals surface area contributed by atoms with Gasteiger partial charge in [0.2, 0.25) is 0 Å². The van der Waals surface area contributed by atoms with Gasteiger partial charge >= 0.3 is 5.97 Å². The molecule has 1 saturated heterocycles. The molecule has 2 aromatic heterocycles. The van der Waals surface area contributed by atoms with Gasteiger partial charge in [-0.25, -0.2) is 9.64 Å². The lowest BCUT2D eigenvalue weighted by molar-refractivity contribution is -0.126. The monoisotopic (exact) mass is 520 g/mol. The molecule has 4 aromatic rings. The largest absolute Gasteiger partial charge is 0.494 e. The van der Waals surface area contributed by atoms with Crippen molar-refractivity contribution in [3.05, 3.63) is 101 Å². The van der Waals surface area contributed by atoms with Crippen LogP contribution in [0.4, 0.5) is 0 Å². The highest BCUT2D eigenvalue weighted by Crippen LogP contribution is 2.35. The van der Waals surface area contributed by atoms with Crippen molar-refractivity contribution in [1.29, 1.82) is 0 Å². The number of benzene rings is 2. The van der Waals surface area contributed by atoms with E-state index >= 15 is 0 Å². The van der Waals surface area contributed by atoms with Crippen molar-refractivity contribution >= 4 is 34.3 Å². The van der Waals surface area contributed by atoms with Crippen molar-refractivity contribution in [2.45, 2.75) is 12.8 Å². The predicted molar refractivity (Wildman–Crippen MR) is 145 cm³/mol. The summed E-state index contributed by atoms with van der Waals surface area (Å²) in [6, 6.07) is 15.8. The molecule has 0 spiro atoms. The lowest BCUT2D eigenvalue weighted by Crippen LogP contribution is -2.40. The number of carbonyl (C=O) groups excluding carboxylic acids is 2. The molecule has 194 valence electrons. The molecule has 1 aliphatic rings. The summed E-state index contributed by atoms with van der Waals surface area (Å²) in [7, 11) is 1.45. The Morgan fingerprint density at radius 1 is 1.05 bits per heavy atom. The third-order valence-electron chi connectivity index (χ3n) is 6.86. The molecule has 3 heterocycles. The number of hydrogen-bond acceptors (Lipinski definition) is 5. The summed E-state index contributed by atoms with van der Waals surface area (Å²) in [6.45, 7) is 8.31. The van der Waals surface area contributed by atoms with Crippen LogP contribution >= 0.6 is 0 Å². The van der Waals surface area contributed by atoms with E-state index in [0.717, 1.165) is 11.1 Å². The number of methoxy groups -OCH3 is 1. The normalized spacial score (nSPS) is 13.1. The molecule has 2 aromatic carbocycles. The highest BCUT2D eigenvalue weighted by molar-refractivity contribution is 6.45. The minimum Gasteiger partial charge on any atom is -0.494 e. The van der Waals surface area contributed by atoms with Crippen LogP contribution in [-0.2, 0) is 4.79 Å². The fraction of sp³-hybridized carbons (Fsp3) is 0.167. The maximum Gasteiger partial charge on any atom is 0.335 e. The van der Waals surface area contributed by atoms with Crippen LogP contribution in [0.15, 0.2) is 72.6 Å². The molecule has 0 unspecified atom stereocenters. The number of aromatic amines is 1. The average Bonchev–Trinajstić information content (AvgIpc) is 3.43. The van der Waals surface area contributed by atoms with E-state index in [4.69, 9.17) is 11.3 Å². The molecule has 2 N–H and O–H groups in total. The average molecular weight is 521 g/mol. The number of aromatic carboxylic acids is 1. The van der Waals surface area contributed by atoms with Crippen LogP contribution in [0.3, 0.4) is 0 Å². The fourth-order valence-corrected chi connectivity index (χ4v) is 4.89. The molecule has 9 nitrogen and oxygen atoms in total. The molecule has 39 heavy (non-hydrogen) atoms. The Kier molecular flexibility index (Phi) is 6.93. The van der Waals surface area contributed by atoms with E-state index in [1.165, 1.54) is 36.5 Å². The van der Waals surface area contributed by atoms with E-state index < -0.39 is 17.7 Å². The zero-order chi connectivity index (χ0) is 27.5. The first-order valence-corrected chi connectivity index (χ1v) is 12.3. The fourth-order valence-electron chi connectivity index (χ4n) is 4.89. The number of hydrogen-bond donors (Lipinski definition) is 2. The number of likely N-dealkylation sites (tertiary alicyclic amines) is 1. The molecule has 5 rings (SSSR count). The molecule has 0 aliphatic carbocycles. The Labute approximate surface area is 224 Å². The molecule has 0 saturated carbocycles. The standard InChI is InChI=1S/C30H24N4O5/c1-31-25(18-7-4-3-5-8-18)19-11-13-34(14-12-19)29(36)28(35)22-16-32-27-24(22)23(39-2)17-33-26(27)20-9-6-10-21(15-20)30(37)38/h3-10,15-17,32H,11-14H2,2H3,(H,37,38). The second kappa shape index (κ2) is 10.6. The zero-order valence-corrected chi connectivity index (χ0v) is 21.1. The van der Waals surface area contributed by atoms with Crippen LogP contribution in [0.1, 0.15) is 39.1 Å². The van der Waals surface area contributed by atoms with E-state index in [0.29, 0.717) is 59.5 Å². The highest BCUT2D eigenvalue weighted by atomic mass is 16.5. The van der Waals surface area contributed by atoms with Gasteiger partial charge in [-0.15, -0.1) is 0 Å². The van der Waals surface area contributed by atoms with Crippen molar-refractivity contribution in [2.24, 2.45) is 0 Å². The van der Waals surface area contributed by atoms with Gasteiger partial charge in [-0.1, -0.05) is 48.0 Å². The molecule has 0 bridgehead atoms. The van der Waals surface area contributed by atoms with Gasteiger partial charge in [0.1, 0.15) is 5.75 Å². The van der Waals surface area contributed by atoms with Gasteiger partial charge in [-0.2, -0.15) is 0 Å². The van der Waals surface area contributed by atoms with Crippen molar-refractivity contribution < 1.29 is 24.2 Å². The second-order valence-electron chi connectivity index (χ2n) is 9.06. The zero-order valence-electron chi connectivity index (χ0n) is 21.1. The second-order valence-corrected chi connectivity index (χ2v) is 9.06. The van der Waals surface area contributed by atoms with E-state index in [-0.39, 0.29) is 11.1 Å². The smallest absolute Gasteiger partial charge is 0.335 e. The van der Waals surface area contributed by atoms with Crippen LogP contribution in [0.25, 0.3) is 32.7 Å². The summed E-state index contributed by atoms with van der Waals surface area (Å²) < 4.78 is 5.46. The van der Waals surface area contributed by atoms with Gasteiger partial charge in [-0.05, 0) is 30.5 Å². The van der Waals surface area contributed by atoms with Crippen LogP contribution < -0.4 is 4.74 Å². The number of carbonyl (C=O) groups is 3. The van der Waals surface area contributed by atoms with Gasteiger partial charge in [-0.3, -0.25) is 14.6 Å². The third-order valence-corrected chi connectivity index (χ3v) is 6.86. The number of carboxylic acids is 1. The van der Waals surface area contributed by atoms with E-state index in [1.807, 2.05) is 30.3 Å². The summed E-state index contributed by atoms with van der Waals surface area (Å²) >= 11 is 0. The molecule has 1 fully saturated rings. The number of rotatable bonds is 6. The summed E-state index contributed by atoms with van der Waals surface area (Å²) in [5.74, 6) is -2.07. The molecule has 1 amide bonds. The number of nitrogens with zero attached hydrogens (tertiary/aromatic N) is 3. The number of carboxylic acid groups (broad SMARTS) is 1. The lowest BCUT2D eigenvalue weighted by Gasteiger charge is -2.28. The Bertz CT molecular complexity index is 1670. The first kappa shape index (κ1) is 25.4. The number of fused-ring (bicyclic) bond motifs is 1. The lowest BCUT2D eigenvalue weighted by atomic mass is 9.97. The Morgan fingerprint density at radius 3 is 2.44 bits per heavy atom. The summed E-state index contributed by atoms with van der Waals surface area (Å²) in [4.78, 5) is 50.9. The van der Waals surface area contributed by atoms with Gasteiger partial charge in [0.25, 0.3) is 11.7 Å². The number of piperidine rings is 1. The molecule has 0 radical (unpaired) electrons. The molecular weight excluding hydrogens is 496 g/mol. The topological polar surface area (TPSA) is 117 Å². The Balaban J connectivity index is 1.43. The highest BCUT2D eigenvalue weighted by Gasteiger charge is 2.30. The Morgan fingerprint density at radius 2 is 1.77 bits per heavy atom. The number of amides is 1. The minimum absolute atomic E-state index is 0.100. The number of aromatic nitrogens is 2. The van der Waals surface area contributed by atoms with E-state index in [2.05, 4.69) is 14.8 Å². The quantitative estimate of drug-likeness (QED) is 0.208. The predicted octanol–water partition coefficient (Wildman–Crippen LogP) is 5.07. The van der Waals surface area contributed by atoms with Crippen LogP contribution in [0.5, 0.6) is 5.75 Å². The van der Waals surface area contributed by atoms with Crippen molar-refractivity contribution in [2.75, 3.05) is 20.2 Å². The van der Waals surface area contributed by atoms with Crippen molar-refractivity contribution in [3.63, 3.8) is 0 Å². The summed E-state index contributed by atoms with van der Waals surface area (Å²) in [5.41, 5.74) is 4.10. The van der Waals surface area contributed by atoms with Gasteiger partial charge in [0.05, 0.1) is 47.6 Å².